The van der Waals surface area contributed by atoms with Crippen molar-refractivity contribution in [3.05, 3.63) is 101 Å². The monoisotopic (exact) mass is 441 g/mol. The lowest BCUT2D eigenvalue weighted by Crippen LogP contribution is -2.46. The van der Waals surface area contributed by atoms with Gasteiger partial charge in [0.25, 0.3) is 5.91 Å². The molecule has 2 amide bonds. The van der Waals surface area contributed by atoms with Crippen molar-refractivity contribution in [1.29, 1.82) is 0 Å². The summed E-state index contributed by atoms with van der Waals surface area (Å²) in [6.07, 6.45) is 2.14. The summed E-state index contributed by atoms with van der Waals surface area (Å²) in [5.74, 6) is -1.36. The van der Waals surface area contributed by atoms with E-state index in [1.165, 1.54) is 24.3 Å². The number of carbonyl (C=O) groups excluding carboxylic acids is 2. The second-order valence-corrected chi connectivity index (χ2v) is 7.81. The molecule has 3 aromatic carbocycles. The Balaban J connectivity index is 1.54. The number of aliphatic imine (C=N–C) groups is 1. The molecule has 0 aliphatic carbocycles. The number of halogens is 1. The predicted octanol–water partition coefficient (Wildman–Crippen LogP) is 3.43. The maximum Gasteiger partial charge on any atom is 0.272 e. The van der Waals surface area contributed by atoms with Crippen molar-refractivity contribution >= 4 is 29.3 Å². The van der Waals surface area contributed by atoms with Crippen LogP contribution in [-0.2, 0) is 16.0 Å². The molecule has 7 heteroatoms. The number of anilines is 1. The van der Waals surface area contributed by atoms with E-state index in [4.69, 9.17) is 0 Å². The van der Waals surface area contributed by atoms with Gasteiger partial charge in [-0.2, -0.15) is 0 Å². The summed E-state index contributed by atoms with van der Waals surface area (Å²) < 4.78 is 14.7. The first-order valence-corrected chi connectivity index (χ1v) is 10.6. The van der Waals surface area contributed by atoms with Gasteiger partial charge in [0, 0.05) is 29.3 Å². The summed E-state index contributed by atoms with van der Waals surface area (Å²) in [6.45, 7) is 0.464. The van der Waals surface area contributed by atoms with E-state index < -0.39 is 17.9 Å². The van der Waals surface area contributed by atoms with Gasteiger partial charge in [0.05, 0.1) is 11.4 Å². The van der Waals surface area contributed by atoms with Gasteiger partial charge in [0.1, 0.15) is 11.6 Å². The number of hydrogen-bond donors (Lipinski definition) is 2. The van der Waals surface area contributed by atoms with Crippen molar-refractivity contribution in [2.24, 2.45) is 4.99 Å². The molecule has 0 aromatic heterocycles. The number of rotatable bonds is 4. The molecule has 5 rings (SSSR count). The third kappa shape index (κ3) is 3.78. The van der Waals surface area contributed by atoms with Crippen LogP contribution in [0.3, 0.4) is 0 Å². The Morgan fingerprint density at radius 1 is 1.06 bits per heavy atom. The molecule has 2 aliphatic rings. The van der Waals surface area contributed by atoms with Crippen molar-refractivity contribution in [3.8, 4) is 5.75 Å². The van der Waals surface area contributed by atoms with E-state index in [-0.39, 0.29) is 17.2 Å². The van der Waals surface area contributed by atoms with Crippen LogP contribution in [0, 0.1) is 5.82 Å². The number of nitrogens with zero attached hydrogens (tertiary/aromatic N) is 2. The number of amides is 2. The molecule has 1 unspecified atom stereocenters. The fraction of sp³-hybridized carbons (Fsp3) is 0.115. The molecule has 0 fully saturated rings. The molecule has 0 saturated carbocycles. The second-order valence-electron chi connectivity index (χ2n) is 7.81. The number of phenolic OH excluding ortho intramolecular Hbond substituents is 1. The van der Waals surface area contributed by atoms with Crippen LogP contribution in [-0.4, -0.2) is 35.3 Å². The van der Waals surface area contributed by atoms with Crippen molar-refractivity contribution in [2.75, 3.05) is 11.4 Å². The Bertz CT molecular complexity index is 1330. The topological polar surface area (TPSA) is 82.0 Å². The molecule has 0 radical (unpaired) electrons. The van der Waals surface area contributed by atoms with Crippen molar-refractivity contribution < 1.29 is 19.1 Å². The lowest BCUT2D eigenvalue weighted by Gasteiger charge is -2.20. The lowest BCUT2D eigenvalue weighted by molar-refractivity contribution is -0.125. The molecule has 33 heavy (non-hydrogen) atoms. The quantitative estimate of drug-likeness (QED) is 0.609. The minimum Gasteiger partial charge on any atom is -0.507 e. The standard InChI is InChI=1S/C26H20FN3O3/c27-20-10-3-2-8-18(20)23-19-9-5-7-17-14-15-30(24(17)19)26(33)25(29-23)28-22(32)13-12-16-6-1-4-11-21(16)31/h1-13,25,31H,14-15H2,(H,28,32)/b13-12+. The SMILES string of the molecule is O=C(/C=C/c1ccccc1O)NC1N=C(c2ccccc2F)c2cccc3c2N(CC3)C1=O. The molecule has 164 valence electrons. The predicted molar refractivity (Wildman–Crippen MR) is 124 cm³/mol. The number of nitrogens with one attached hydrogen (secondary N) is 1. The van der Waals surface area contributed by atoms with Crippen LogP contribution in [0.25, 0.3) is 6.08 Å². The molecule has 2 N–H and O–H groups in total. The first-order valence-electron chi connectivity index (χ1n) is 10.6. The summed E-state index contributed by atoms with van der Waals surface area (Å²) in [4.78, 5) is 32.1. The zero-order chi connectivity index (χ0) is 22.9. The molecular weight excluding hydrogens is 421 g/mol. The Kier molecular flexibility index (Phi) is 5.22. The Morgan fingerprint density at radius 2 is 1.82 bits per heavy atom. The van der Waals surface area contributed by atoms with Crippen LogP contribution in [0.2, 0.25) is 0 Å². The number of carbonyl (C=O) groups is 2. The van der Waals surface area contributed by atoms with Gasteiger partial charge in [-0.25, -0.2) is 9.38 Å². The average Bonchev–Trinajstić information content (AvgIpc) is 3.21. The third-order valence-electron chi connectivity index (χ3n) is 5.77. The van der Waals surface area contributed by atoms with Crippen LogP contribution < -0.4 is 10.2 Å². The van der Waals surface area contributed by atoms with E-state index >= 15 is 0 Å². The number of para-hydroxylation sites is 2. The summed E-state index contributed by atoms with van der Waals surface area (Å²) in [5.41, 5.74) is 3.40. The maximum absolute atomic E-state index is 14.7. The van der Waals surface area contributed by atoms with E-state index in [1.54, 1.807) is 41.3 Å². The second kappa shape index (κ2) is 8.35. The van der Waals surface area contributed by atoms with Gasteiger partial charge in [-0.1, -0.05) is 48.5 Å². The molecule has 6 nitrogen and oxygen atoms in total. The van der Waals surface area contributed by atoms with E-state index in [0.29, 0.717) is 35.5 Å². The van der Waals surface area contributed by atoms with Gasteiger partial charge in [-0.3, -0.25) is 9.59 Å². The molecule has 3 aromatic rings. The number of aromatic hydroxyl groups is 1. The maximum atomic E-state index is 14.7. The molecule has 2 heterocycles. The highest BCUT2D eigenvalue weighted by Gasteiger charge is 2.37. The zero-order valence-electron chi connectivity index (χ0n) is 17.5. The highest BCUT2D eigenvalue weighted by atomic mass is 19.1. The number of phenols is 1. The van der Waals surface area contributed by atoms with Crippen LogP contribution in [0.1, 0.15) is 22.3 Å². The van der Waals surface area contributed by atoms with Gasteiger partial charge in [-0.05, 0) is 36.3 Å². The lowest BCUT2D eigenvalue weighted by atomic mass is 9.98. The number of benzene rings is 3. The normalized spacial score (nSPS) is 17.0. The summed E-state index contributed by atoms with van der Waals surface area (Å²) in [7, 11) is 0. The van der Waals surface area contributed by atoms with E-state index in [2.05, 4.69) is 10.3 Å². The average molecular weight is 441 g/mol. The van der Waals surface area contributed by atoms with Gasteiger partial charge < -0.3 is 15.3 Å². The fourth-order valence-electron chi connectivity index (χ4n) is 4.21. The van der Waals surface area contributed by atoms with Crippen molar-refractivity contribution in [3.63, 3.8) is 0 Å². The van der Waals surface area contributed by atoms with Crippen molar-refractivity contribution in [1.82, 2.24) is 5.32 Å². The summed E-state index contributed by atoms with van der Waals surface area (Å²) in [5, 5.41) is 12.5. The third-order valence-corrected chi connectivity index (χ3v) is 5.77. The smallest absolute Gasteiger partial charge is 0.272 e. The van der Waals surface area contributed by atoms with Gasteiger partial charge in [-0.15, -0.1) is 0 Å². The van der Waals surface area contributed by atoms with Gasteiger partial charge in [0.2, 0.25) is 12.1 Å². The Hall–Kier alpha value is -4.26. The Morgan fingerprint density at radius 3 is 2.64 bits per heavy atom. The van der Waals surface area contributed by atoms with Crippen LogP contribution in [0.15, 0.2) is 77.8 Å². The summed E-state index contributed by atoms with van der Waals surface area (Å²) in [6, 6.07) is 18.5. The summed E-state index contributed by atoms with van der Waals surface area (Å²) >= 11 is 0. The van der Waals surface area contributed by atoms with Crippen molar-refractivity contribution in [2.45, 2.75) is 12.6 Å². The highest BCUT2D eigenvalue weighted by molar-refractivity contribution is 6.21. The van der Waals surface area contributed by atoms with E-state index in [1.807, 2.05) is 18.2 Å². The zero-order valence-corrected chi connectivity index (χ0v) is 17.5. The molecule has 0 spiro atoms. The largest absolute Gasteiger partial charge is 0.507 e. The number of hydrogen-bond acceptors (Lipinski definition) is 4. The minimum atomic E-state index is -1.22. The first kappa shape index (κ1) is 20.6. The molecule has 0 bridgehead atoms. The van der Waals surface area contributed by atoms with E-state index in [0.717, 1.165) is 5.56 Å². The van der Waals surface area contributed by atoms with E-state index in [9.17, 15) is 19.1 Å². The molecule has 0 saturated heterocycles. The van der Waals surface area contributed by atoms with Gasteiger partial charge >= 0.3 is 0 Å². The molecule has 1 atom stereocenters. The van der Waals surface area contributed by atoms with Crippen LogP contribution >= 0.6 is 0 Å². The molecule has 2 aliphatic heterocycles. The first-order chi connectivity index (χ1) is 16.0. The van der Waals surface area contributed by atoms with Crippen LogP contribution in [0.5, 0.6) is 5.75 Å². The fourth-order valence-corrected chi connectivity index (χ4v) is 4.21. The van der Waals surface area contributed by atoms with Gasteiger partial charge in [0.15, 0.2) is 0 Å². The molecular formula is C26H20FN3O3. The highest BCUT2D eigenvalue weighted by Crippen LogP contribution is 2.36. The minimum absolute atomic E-state index is 0.0343. The van der Waals surface area contributed by atoms with Crippen LogP contribution in [0.4, 0.5) is 10.1 Å². The Labute approximate surface area is 189 Å².